The van der Waals surface area contributed by atoms with Gasteiger partial charge in [0.25, 0.3) is 0 Å². The third-order valence-electron chi connectivity index (χ3n) is 2.03. The Kier molecular flexibility index (Phi) is 2.83. The first-order valence-electron chi connectivity index (χ1n) is 4.81. The van der Waals surface area contributed by atoms with Crippen molar-refractivity contribution in [1.29, 1.82) is 0 Å². The molecule has 0 spiro atoms. The van der Waals surface area contributed by atoms with Gasteiger partial charge in [-0.15, -0.1) is 0 Å². The van der Waals surface area contributed by atoms with Gasteiger partial charge in [-0.1, -0.05) is 0 Å². The number of nitrogens with zero attached hydrogens (tertiary/aromatic N) is 1. The minimum Gasteiger partial charge on any atom is -0.444 e. The van der Waals surface area contributed by atoms with E-state index in [2.05, 4.69) is 0 Å². The van der Waals surface area contributed by atoms with E-state index >= 15 is 0 Å². The molecular formula is C10H17NO3. The fourth-order valence-corrected chi connectivity index (χ4v) is 1.42. The average molecular weight is 199 g/mol. The largest absolute Gasteiger partial charge is 0.444 e. The van der Waals surface area contributed by atoms with E-state index in [9.17, 15) is 9.59 Å². The maximum atomic E-state index is 11.6. The van der Waals surface area contributed by atoms with Gasteiger partial charge < -0.3 is 4.74 Å². The second-order valence-corrected chi connectivity index (χ2v) is 4.70. The summed E-state index contributed by atoms with van der Waals surface area (Å²) in [7, 11) is 0. The Bertz CT molecular complexity index is 255. The van der Waals surface area contributed by atoms with Crippen molar-refractivity contribution in [3.05, 3.63) is 0 Å². The highest BCUT2D eigenvalue weighted by Crippen LogP contribution is 2.17. The molecule has 0 aromatic heterocycles. The quantitative estimate of drug-likeness (QED) is 0.595. The van der Waals surface area contributed by atoms with Crippen LogP contribution in [-0.4, -0.2) is 35.0 Å². The summed E-state index contributed by atoms with van der Waals surface area (Å²) >= 11 is 0. The van der Waals surface area contributed by atoms with Crippen LogP contribution in [0.2, 0.25) is 0 Å². The summed E-state index contributed by atoms with van der Waals surface area (Å²) in [4.78, 5) is 24.1. The summed E-state index contributed by atoms with van der Waals surface area (Å²) in [6.07, 6.45) is 0.0510. The van der Waals surface area contributed by atoms with E-state index in [0.29, 0.717) is 6.42 Å². The van der Waals surface area contributed by atoms with Crippen LogP contribution in [0.3, 0.4) is 0 Å². The summed E-state index contributed by atoms with van der Waals surface area (Å²) in [6, 6.07) is -0.0302. The third kappa shape index (κ3) is 2.72. The zero-order valence-electron chi connectivity index (χ0n) is 9.16. The molecule has 0 bridgehead atoms. The van der Waals surface area contributed by atoms with Gasteiger partial charge in [0, 0.05) is 12.5 Å². The van der Waals surface area contributed by atoms with E-state index in [1.807, 2.05) is 27.7 Å². The van der Waals surface area contributed by atoms with Gasteiger partial charge in [0.05, 0.1) is 6.54 Å². The molecular weight excluding hydrogens is 182 g/mol. The number of hydrogen-bond donors (Lipinski definition) is 0. The van der Waals surface area contributed by atoms with Crippen LogP contribution in [0.25, 0.3) is 0 Å². The topological polar surface area (TPSA) is 46.6 Å². The van der Waals surface area contributed by atoms with Gasteiger partial charge in [0.15, 0.2) is 5.78 Å². The zero-order chi connectivity index (χ0) is 10.9. The predicted octanol–water partition coefficient (Wildman–Crippen LogP) is 1.58. The number of rotatable bonds is 0. The van der Waals surface area contributed by atoms with Crippen LogP contribution < -0.4 is 0 Å². The second-order valence-electron chi connectivity index (χ2n) is 4.70. The molecule has 0 aliphatic carbocycles. The van der Waals surface area contributed by atoms with Crippen LogP contribution in [0, 0.1) is 0 Å². The molecule has 0 aromatic carbocycles. The van der Waals surface area contributed by atoms with E-state index in [4.69, 9.17) is 4.74 Å². The molecule has 0 radical (unpaired) electrons. The molecule has 80 valence electrons. The predicted molar refractivity (Wildman–Crippen MR) is 52.0 cm³/mol. The molecule has 1 saturated heterocycles. The van der Waals surface area contributed by atoms with Crippen LogP contribution in [-0.2, 0) is 9.53 Å². The number of carbonyl (C=O) groups is 2. The monoisotopic (exact) mass is 199 g/mol. The van der Waals surface area contributed by atoms with Gasteiger partial charge in [-0.2, -0.15) is 0 Å². The van der Waals surface area contributed by atoms with E-state index < -0.39 is 11.7 Å². The molecule has 1 heterocycles. The molecule has 1 aliphatic heterocycles. The maximum absolute atomic E-state index is 11.6. The van der Waals surface area contributed by atoms with E-state index in [1.54, 1.807) is 0 Å². The molecule has 0 unspecified atom stereocenters. The van der Waals surface area contributed by atoms with Crippen LogP contribution >= 0.6 is 0 Å². The number of ketones is 1. The zero-order valence-corrected chi connectivity index (χ0v) is 9.16. The standard InChI is InChI=1S/C10H17NO3/c1-7-5-8(12)6-11(7)9(13)14-10(2,3)4/h7H,5-6H2,1-4H3/t7-/m0/s1. The summed E-state index contributed by atoms with van der Waals surface area (Å²) in [5.74, 6) is 0.100. The molecule has 1 atom stereocenters. The third-order valence-corrected chi connectivity index (χ3v) is 2.03. The Morgan fingerprint density at radius 2 is 2.07 bits per heavy atom. The van der Waals surface area contributed by atoms with Crippen molar-refractivity contribution in [2.45, 2.75) is 45.8 Å². The number of likely N-dealkylation sites (tertiary alicyclic amines) is 1. The molecule has 4 heteroatoms. The molecule has 1 aliphatic rings. The second kappa shape index (κ2) is 3.59. The Labute approximate surface area is 84.2 Å². The van der Waals surface area contributed by atoms with Crippen molar-refractivity contribution < 1.29 is 14.3 Å². The van der Waals surface area contributed by atoms with Crippen molar-refractivity contribution >= 4 is 11.9 Å². The van der Waals surface area contributed by atoms with E-state index in [-0.39, 0.29) is 18.4 Å². The summed E-state index contributed by atoms with van der Waals surface area (Å²) in [5, 5.41) is 0. The van der Waals surface area contributed by atoms with Crippen molar-refractivity contribution in [2.75, 3.05) is 6.54 Å². The fourth-order valence-electron chi connectivity index (χ4n) is 1.42. The van der Waals surface area contributed by atoms with Crippen LogP contribution in [0.4, 0.5) is 4.79 Å². The molecule has 1 amide bonds. The normalized spacial score (nSPS) is 22.7. The Balaban J connectivity index is 2.58. The first-order valence-corrected chi connectivity index (χ1v) is 4.81. The molecule has 1 rings (SSSR count). The highest BCUT2D eigenvalue weighted by molar-refractivity contribution is 5.88. The van der Waals surface area contributed by atoms with Crippen LogP contribution in [0.1, 0.15) is 34.1 Å². The molecule has 4 nitrogen and oxygen atoms in total. The fraction of sp³-hybridized carbons (Fsp3) is 0.800. The highest BCUT2D eigenvalue weighted by atomic mass is 16.6. The molecule has 14 heavy (non-hydrogen) atoms. The number of Topliss-reactive ketones (excluding diaryl/α,β-unsaturated/α-hetero) is 1. The van der Waals surface area contributed by atoms with Gasteiger partial charge in [-0.05, 0) is 27.7 Å². The van der Waals surface area contributed by atoms with Gasteiger partial charge in [-0.3, -0.25) is 9.69 Å². The minimum atomic E-state index is -0.498. The molecule has 0 saturated carbocycles. The van der Waals surface area contributed by atoms with Gasteiger partial charge in [-0.25, -0.2) is 4.79 Å². The van der Waals surface area contributed by atoms with E-state index in [1.165, 1.54) is 4.90 Å². The molecule has 0 aromatic rings. The first-order chi connectivity index (χ1) is 6.29. The summed E-state index contributed by atoms with van der Waals surface area (Å²) in [5.41, 5.74) is -0.498. The first kappa shape index (κ1) is 11.0. The maximum Gasteiger partial charge on any atom is 0.410 e. The van der Waals surface area contributed by atoms with Crippen LogP contribution in [0.5, 0.6) is 0 Å². The lowest BCUT2D eigenvalue weighted by Gasteiger charge is -2.26. The number of amides is 1. The smallest absolute Gasteiger partial charge is 0.410 e. The lowest BCUT2D eigenvalue weighted by Crippen LogP contribution is -2.38. The Hall–Kier alpha value is -1.06. The van der Waals surface area contributed by atoms with E-state index in [0.717, 1.165) is 0 Å². The van der Waals surface area contributed by atoms with Crippen LogP contribution in [0.15, 0.2) is 0 Å². The van der Waals surface area contributed by atoms with Gasteiger partial charge >= 0.3 is 6.09 Å². The lowest BCUT2D eigenvalue weighted by atomic mass is 10.2. The van der Waals surface area contributed by atoms with Gasteiger partial charge in [0.2, 0.25) is 0 Å². The average Bonchev–Trinajstić information content (AvgIpc) is 2.26. The van der Waals surface area contributed by atoms with Gasteiger partial charge in [0.1, 0.15) is 5.60 Å². The van der Waals surface area contributed by atoms with Crippen molar-refractivity contribution in [2.24, 2.45) is 0 Å². The Morgan fingerprint density at radius 3 is 2.43 bits per heavy atom. The van der Waals surface area contributed by atoms with Crippen molar-refractivity contribution in [1.82, 2.24) is 4.90 Å². The number of hydrogen-bond acceptors (Lipinski definition) is 3. The SMILES string of the molecule is C[C@H]1CC(=O)CN1C(=O)OC(C)(C)C. The van der Waals surface area contributed by atoms with Crippen molar-refractivity contribution in [3.8, 4) is 0 Å². The minimum absolute atomic E-state index is 0.0302. The molecule has 0 N–H and O–H groups in total. The lowest BCUT2D eigenvalue weighted by molar-refractivity contribution is -0.117. The summed E-state index contributed by atoms with van der Waals surface area (Å²) < 4.78 is 5.18. The summed E-state index contributed by atoms with van der Waals surface area (Å²) in [6.45, 7) is 7.49. The molecule has 1 fully saturated rings. The number of ether oxygens (including phenoxy) is 1. The highest BCUT2D eigenvalue weighted by Gasteiger charge is 2.33. The van der Waals surface area contributed by atoms with Crippen molar-refractivity contribution in [3.63, 3.8) is 0 Å². The Morgan fingerprint density at radius 1 is 1.50 bits per heavy atom. The number of carbonyl (C=O) groups excluding carboxylic acids is 2.